The molecule has 0 spiro atoms. The van der Waals surface area contributed by atoms with Crippen LogP contribution in [-0.4, -0.2) is 68.5 Å². The number of anilines is 1. The average Bonchev–Trinajstić information content (AvgIpc) is 3.56. The van der Waals surface area contributed by atoms with Gasteiger partial charge in [0.2, 0.25) is 11.5 Å². The lowest BCUT2D eigenvalue weighted by Crippen LogP contribution is -2.49. The number of ether oxygens (including phenoxy) is 3. The van der Waals surface area contributed by atoms with Crippen LogP contribution in [-0.2, 0) is 34.2 Å². The molecule has 1 aliphatic heterocycles. The highest BCUT2D eigenvalue weighted by Gasteiger charge is 2.60. The first-order valence-electron chi connectivity index (χ1n) is 15.9. The molecule has 0 aromatic carbocycles. The standard InChI is InChI=1S/C32H46N6O7/c1-6-20(7-2)29(41)37-28-21-13-14-23(38(21)36-18-35-28)32(17-33)27(40)25(44-30(42)26(34)31(3,4)5)22(45-32)16-43-24(39)15-19-11-9-8-10-12-19/h13-14,18-20,22,25-27,40H,6-12,15-16,34H2,1-5H3,(H,35,36,37,41)/t22-,25-,26-,27-,32+/m1/s1. The van der Waals surface area contributed by atoms with Crippen molar-refractivity contribution in [2.75, 3.05) is 11.9 Å². The number of nitrogens with one attached hydrogen (secondary N) is 1. The van der Waals surface area contributed by atoms with Gasteiger partial charge in [0.15, 0.2) is 11.9 Å². The highest BCUT2D eigenvalue weighted by molar-refractivity contribution is 5.95. The average molecular weight is 627 g/mol. The Kier molecular flexibility index (Phi) is 10.8. The number of nitrogens with two attached hydrogens (primary N) is 1. The van der Waals surface area contributed by atoms with E-state index in [0.29, 0.717) is 18.4 Å². The van der Waals surface area contributed by atoms with Crippen LogP contribution in [0, 0.1) is 28.6 Å². The molecule has 2 aromatic rings. The summed E-state index contributed by atoms with van der Waals surface area (Å²) in [5.41, 5.74) is 3.89. The number of amides is 1. The predicted octanol–water partition coefficient (Wildman–Crippen LogP) is 3.38. The van der Waals surface area contributed by atoms with Gasteiger partial charge in [0.05, 0.1) is 5.69 Å². The fourth-order valence-corrected chi connectivity index (χ4v) is 6.05. The number of aliphatic hydroxyl groups excluding tert-OH is 1. The number of fused-ring (bicyclic) bond motifs is 1. The molecule has 13 heteroatoms. The van der Waals surface area contributed by atoms with Gasteiger partial charge >= 0.3 is 11.9 Å². The summed E-state index contributed by atoms with van der Waals surface area (Å²) in [6.07, 6.45) is 3.70. The van der Waals surface area contributed by atoms with E-state index in [1.54, 1.807) is 26.8 Å². The third-order valence-corrected chi connectivity index (χ3v) is 9.06. The Morgan fingerprint density at radius 3 is 2.53 bits per heavy atom. The second kappa shape index (κ2) is 14.2. The van der Waals surface area contributed by atoms with E-state index in [9.17, 15) is 24.8 Å². The minimum Gasteiger partial charge on any atom is -0.463 e. The number of nitriles is 1. The third kappa shape index (κ3) is 7.29. The van der Waals surface area contributed by atoms with Gasteiger partial charge in [-0.3, -0.25) is 14.4 Å². The molecule has 1 saturated carbocycles. The molecule has 45 heavy (non-hydrogen) atoms. The van der Waals surface area contributed by atoms with Gasteiger partial charge in [-0.25, -0.2) is 9.50 Å². The van der Waals surface area contributed by atoms with Crippen LogP contribution in [0.1, 0.15) is 91.7 Å². The van der Waals surface area contributed by atoms with Crippen LogP contribution in [0.5, 0.6) is 0 Å². The number of esters is 2. The lowest BCUT2D eigenvalue weighted by atomic mass is 9.87. The summed E-state index contributed by atoms with van der Waals surface area (Å²) in [6, 6.07) is 4.14. The van der Waals surface area contributed by atoms with E-state index in [0.717, 1.165) is 32.1 Å². The van der Waals surface area contributed by atoms with Crippen molar-refractivity contribution < 1.29 is 33.7 Å². The van der Waals surface area contributed by atoms with Crippen molar-refractivity contribution in [1.29, 1.82) is 5.26 Å². The first-order valence-corrected chi connectivity index (χ1v) is 15.9. The summed E-state index contributed by atoms with van der Waals surface area (Å²) < 4.78 is 18.8. The van der Waals surface area contributed by atoms with Gasteiger partial charge < -0.3 is 30.4 Å². The molecule has 246 valence electrons. The number of aliphatic hydroxyl groups is 1. The van der Waals surface area contributed by atoms with Crippen molar-refractivity contribution in [2.45, 2.75) is 116 Å². The molecule has 13 nitrogen and oxygen atoms in total. The number of hydrogen-bond acceptors (Lipinski definition) is 11. The van der Waals surface area contributed by atoms with Gasteiger partial charge in [0, 0.05) is 12.3 Å². The maximum absolute atomic E-state index is 13.1. The fourth-order valence-electron chi connectivity index (χ4n) is 6.05. The van der Waals surface area contributed by atoms with Gasteiger partial charge in [-0.05, 0) is 49.1 Å². The zero-order chi connectivity index (χ0) is 32.9. The quantitative estimate of drug-likeness (QED) is 0.310. The zero-order valence-corrected chi connectivity index (χ0v) is 26.8. The Morgan fingerprint density at radius 1 is 1.22 bits per heavy atom. The minimum absolute atomic E-state index is 0.116. The minimum atomic E-state index is -2.09. The van der Waals surface area contributed by atoms with E-state index in [-0.39, 0.29) is 42.3 Å². The van der Waals surface area contributed by atoms with Gasteiger partial charge in [0.1, 0.15) is 42.8 Å². The van der Waals surface area contributed by atoms with Crippen molar-refractivity contribution in [1.82, 2.24) is 14.6 Å². The molecule has 2 aliphatic rings. The monoisotopic (exact) mass is 626 g/mol. The highest BCUT2D eigenvalue weighted by atomic mass is 16.6. The first kappa shape index (κ1) is 34.3. The smallest absolute Gasteiger partial charge is 0.323 e. The summed E-state index contributed by atoms with van der Waals surface area (Å²) in [4.78, 5) is 42.9. The normalized spacial score (nSPS) is 24.7. The topological polar surface area (TPSA) is 191 Å². The van der Waals surface area contributed by atoms with Crippen molar-refractivity contribution >= 4 is 29.2 Å². The molecule has 4 N–H and O–H groups in total. The van der Waals surface area contributed by atoms with Gasteiger partial charge in [0.25, 0.3) is 0 Å². The summed E-state index contributed by atoms with van der Waals surface area (Å²) in [5.74, 6) is -1.17. The molecular weight excluding hydrogens is 580 g/mol. The second-order valence-electron chi connectivity index (χ2n) is 13.2. The van der Waals surface area contributed by atoms with Gasteiger partial charge in [-0.15, -0.1) is 0 Å². The van der Waals surface area contributed by atoms with Crippen molar-refractivity contribution in [3.63, 3.8) is 0 Å². The SMILES string of the molecule is CCC(CC)C(=O)Nc1ncnn2c([C@]3(C#N)O[C@H](COC(=O)CC4CCCCC4)[C@@H](OC(=O)[C@@H](N)C(C)(C)C)[C@H]3O)ccc12. The van der Waals surface area contributed by atoms with Crippen LogP contribution in [0.25, 0.3) is 5.52 Å². The Balaban J connectivity index is 1.64. The Hall–Kier alpha value is -3.60. The van der Waals surface area contributed by atoms with Gasteiger partial charge in [-0.2, -0.15) is 10.4 Å². The third-order valence-electron chi connectivity index (χ3n) is 9.06. The van der Waals surface area contributed by atoms with E-state index in [2.05, 4.69) is 21.5 Å². The number of carbonyl (C=O) groups excluding carboxylic acids is 3. The summed E-state index contributed by atoms with van der Waals surface area (Å²) in [6.45, 7) is 8.82. The van der Waals surface area contributed by atoms with Crippen LogP contribution >= 0.6 is 0 Å². The van der Waals surface area contributed by atoms with E-state index in [1.807, 2.05) is 13.8 Å². The second-order valence-corrected chi connectivity index (χ2v) is 13.2. The predicted molar refractivity (Wildman–Crippen MR) is 163 cm³/mol. The Labute approximate surface area is 263 Å². The molecule has 2 fully saturated rings. The summed E-state index contributed by atoms with van der Waals surface area (Å²) in [7, 11) is 0. The zero-order valence-electron chi connectivity index (χ0n) is 26.8. The molecule has 0 bridgehead atoms. The largest absolute Gasteiger partial charge is 0.463 e. The molecule has 2 aromatic heterocycles. The maximum atomic E-state index is 13.1. The Bertz CT molecular complexity index is 1400. The van der Waals surface area contributed by atoms with Crippen molar-refractivity contribution in [3.05, 3.63) is 24.2 Å². The summed E-state index contributed by atoms with van der Waals surface area (Å²) >= 11 is 0. The van der Waals surface area contributed by atoms with E-state index < -0.39 is 47.3 Å². The van der Waals surface area contributed by atoms with Crippen molar-refractivity contribution in [3.8, 4) is 6.07 Å². The number of hydrogen-bond donors (Lipinski definition) is 3. The van der Waals surface area contributed by atoms with Crippen LogP contribution in [0.3, 0.4) is 0 Å². The molecule has 4 rings (SSSR count). The van der Waals surface area contributed by atoms with Crippen molar-refractivity contribution in [2.24, 2.45) is 23.0 Å². The molecule has 0 radical (unpaired) electrons. The summed E-state index contributed by atoms with van der Waals surface area (Å²) in [5, 5.41) is 29.3. The van der Waals surface area contributed by atoms with Crippen LogP contribution < -0.4 is 11.1 Å². The molecule has 3 heterocycles. The molecule has 1 amide bonds. The van der Waals surface area contributed by atoms with Crippen LogP contribution in [0.15, 0.2) is 18.5 Å². The van der Waals surface area contributed by atoms with Gasteiger partial charge in [-0.1, -0.05) is 53.9 Å². The molecule has 0 unspecified atom stereocenters. The number of nitrogens with zero attached hydrogens (tertiary/aromatic N) is 4. The number of rotatable bonds is 11. The van der Waals surface area contributed by atoms with E-state index >= 15 is 0 Å². The van der Waals surface area contributed by atoms with Crippen LogP contribution in [0.4, 0.5) is 5.82 Å². The van der Waals surface area contributed by atoms with Crippen LogP contribution in [0.2, 0.25) is 0 Å². The number of aromatic nitrogens is 3. The Morgan fingerprint density at radius 2 is 1.91 bits per heavy atom. The lowest BCUT2D eigenvalue weighted by Gasteiger charge is -2.29. The molecule has 5 atom stereocenters. The molecular formula is C32H46N6O7. The molecule has 1 saturated heterocycles. The first-order chi connectivity index (χ1) is 21.4. The molecule has 1 aliphatic carbocycles. The maximum Gasteiger partial charge on any atom is 0.323 e. The van der Waals surface area contributed by atoms with E-state index in [4.69, 9.17) is 19.9 Å². The fraction of sp³-hybridized carbons (Fsp3) is 0.688. The van der Waals surface area contributed by atoms with E-state index in [1.165, 1.54) is 16.9 Å². The number of carbonyl (C=O) groups is 3. The lowest BCUT2D eigenvalue weighted by molar-refractivity contribution is -0.163. The highest BCUT2D eigenvalue weighted by Crippen LogP contribution is 2.42.